The second kappa shape index (κ2) is 43.1. The Labute approximate surface area is 644 Å². The number of rotatable bonds is 27. The van der Waals surface area contributed by atoms with E-state index in [1.165, 1.54) is 6.92 Å². The molecule has 0 radical (unpaired) electrons. The van der Waals surface area contributed by atoms with Crippen molar-refractivity contribution in [3.63, 3.8) is 0 Å². The van der Waals surface area contributed by atoms with Gasteiger partial charge in [-0.2, -0.15) is 0 Å². The summed E-state index contributed by atoms with van der Waals surface area (Å²) < 4.78 is 76.1. The standard InChI is InChI=1S/C21H30O10.2C20H28O10.C15H20O6/c1-3-4-11-5-7-12(8-6-11)30-21-19(27)17(25)15(23)13(31-21)9-28-20-18(26)16(24)14(22)10(2)29-20;1-2-3-11-4-6-12(7-5-11)29-18-16(24)15(23)14(22)13(30-18)8-27-19-17(25)20(26,9-21)10-28-19;1-2-3-10-4-6-11(7-5-10)29-20-18(26)16(24)15(23)13(30-20)9-28-19-17(25)14(22)12(21)8-27-19;1-2-3-9-4-6-10(7-5-9)20-15-14(19)13(18)12(17)11(8-16)21-15/h3,5-8,10,13-27H,1,4,9H2,2H3;2,4-7,13-19,21-26H,1,3,8-10H2;2,4-7,12-26H,1,3,8-9H2;2,4-7,11-19H,1,3,8H2/t10-,13+,14-,15+,16+,17-,18+,19+,20+,21+;13-,14-,15+,16-,17+,18-,19-,20-;12-,13-,14+,15-,16+,17-,18-,19+,20-;11-,12-,13+,14-,15-/m0111/s1. The van der Waals surface area contributed by atoms with Gasteiger partial charge in [0.2, 0.25) is 25.2 Å². The number of aliphatic hydroxyl groups excluding tert-OH is 21. The van der Waals surface area contributed by atoms with Gasteiger partial charge in [-0.15, -0.1) is 26.3 Å². The van der Waals surface area contributed by atoms with Gasteiger partial charge in [-0.1, -0.05) is 72.8 Å². The Balaban J connectivity index is 0.000000189. The van der Waals surface area contributed by atoms with Crippen molar-refractivity contribution in [1.82, 2.24) is 0 Å². The van der Waals surface area contributed by atoms with Crippen molar-refractivity contribution in [1.29, 1.82) is 0 Å². The van der Waals surface area contributed by atoms with E-state index >= 15 is 0 Å². The lowest BCUT2D eigenvalue weighted by Gasteiger charge is -2.42. The number of hydrogen-bond donors (Lipinski definition) is 22. The van der Waals surface area contributed by atoms with Gasteiger partial charge in [0, 0.05) is 0 Å². The first-order chi connectivity index (χ1) is 53.4. The molecule has 7 heterocycles. The molecule has 36 heteroatoms. The summed E-state index contributed by atoms with van der Waals surface area (Å²) in [6, 6.07) is 28.1. The van der Waals surface area contributed by atoms with Gasteiger partial charge in [0.1, 0.15) is 169 Å². The number of ether oxygens (including phenoxy) is 14. The predicted molar refractivity (Wildman–Crippen MR) is 383 cm³/mol. The normalized spacial score (nSPS) is 38.5. The number of aliphatic hydroxyl groups is 22. The van der Waals surface area contributed by atoms with E-state index in [9.17, 15) is 102 Å². The van der Waals surface area contributed by atoms with Gasteiger partial charge in [-0.05, 0) is 103 Å². The molecular formula is C76H106O36. The second-order valence-electron chi connectivity index (χ2n) is 27.6. The van der Waals surface area contributed by atoms with Crippen LogP contribution in [-0.2, 0) is 73.1 Å². The summed E-state index contributed by atoms with van der Waals surface area (Å²) in [5.74, 6) is 1.61. The zero-order valence-corrected chi connectivity index (χ0v) is 61.1. The maximum Gasteiger partial charge on any atom is 0.229 e. The molecule has 7 aliphatic rings. The van der Waals surface area contributed by atoms with Crippen LogP contribution in [0.5, 0.6) is 23.0 Å². The molecule has 22 N–H and O–H groups in total. The highest BCUT2D eigenvalue weighted by atomic mass is 16.8. The van der Waals surface area contributed by atoms with Crippen LogP contribution in [0.1, 0.15) is 29.2 Å². The maximum absolute atomic E-state index is 10.3. The van der Waals surface area contributed by atoms with Crippen molar-refractivity contribution < 1.29 is 179 Å². The molecule has 112 heavy (non-hydrogen) atoms. The molecule has 0 aromatic heterocycles. The molecule has 0 bridgehead atoms. The highest BCUT2D eigenvalue weighted by Crippen LogP contribution is 2.33. The van der Waals surface area contributed by atoms with E-state index in [1.54, 1.807) is 72.8 Å². The molecule has 0 spiro atoms. The molecule has 7 fully saturated rings. The van der Waals surface area contributed by atoms with Crippen LogP contribution in [0.3, 0.4) is 0 Å². The molecule has 7 saturated heterocycles. The molecular weight excluding hydrogens is 1490 g/mol. The van der Waals surface area contributed by atoms with Gasteiger partial charge >= 0.3 is 0 Å². The van der Waals surface area contributed by atoms with Crippen LogP contribution in [0.2, 0.25) is 0 Å². The first-order valence-corrected chi connectivity index (χ1v) is 36.1. The molecule has 0 aliphatic carbocycles. The third-order valence-electron chi connectivity index (χ3n) is 19.2. The average molecular weight is 1600 g/mol. The van der Waals surface area contributed by atoms with Crippen molar-refractivity contribution in [2.45, 2.75) is 229 Å². The minimum Gasteiger partial charge on any atom is -0.462 e. The van der Waals surface area contributed by atoms with Crippen LogP contribution >= 0.6 is 0 Å². The predicted octanol–water partition coefficient (Wildman–Crippen LogP) is -5.84. The van der Waals surface area contributed by atoms with Gasteiger partial charge in [0.25, 0.3) is 0 Å². The Morgan fingerprint density at radius 2 is 0.625 bits per heavy atom. The molecule has 32 atom stereocenters. The minimum atomic E-state index is -1.85. The average Bonchev–Trinajstić information content (AvgIpc) is 1.37. The minimum absolute atomic E-state index is 0.244. The van der Waals surface area contributed by atoms with Crippen molar-refractivity contribution >= 4 is 0 Å². The van der Waals surface area contributed by atoms with Crippen LogP contribution < -0.4 is 18.9 Å². The molecule has 4 aromatic rings. The van der Waals surface area contributed by atoms with Crippen molar-refractivity contribution in [2.24, 2.45) is 0 Å². The molecule has 0 amide bonds. The fraction of sp³-hybridized carbons (Fsp3) is 0.579. The topological polar surface area (TPSA) is 574 Å². The quantitative estimate of drug-likeness (QED) is 0.0247. The monoisotopic (exact) mass is 1590 g/mol. The lowest BCUT2D eigenvalue weighted by atomic mass is 9.98. The lowest BCUT2D eigenvalue weighted by molar-refractivity contribution is -0.318. The molecule has 36 nitrogen and oxygen atoms in total. The molecule has 0 unspecified atom stereocenters. The van der Waals surface area contributed by atoms with Crippen LogP contribution in [0, 0.1) is 0 Å². The summed E-state index contributed by atoms with van der Waals surface area (Å²) >= 11 is 0. The summed E-state index contributed by atoms with van der Waals surface area (Å²) in [7, 11) is 0. The largest absolute Gasteiger partial charge is 0.462 e. The van der Waals surface area contributed by atoms with Crippen LogP contribution in [0.4, 0.5) is 0 Å². The highest BCUT2D eigenvalue weighted by Gasteiger charge is 2.53. The Kier molecular flexibility index (Phi) is 35.1. The summed E-state index contributed by atoms with van der Waals surface area (Å²) in [6.07, 6.45) is -32.1. The van der Waals surface area contributed by atoms with Crippen molar-refractivity contribution in [3.8, 4) is 23.0 Å². The Morgan fingerprint density at radius 3 is 0.938 bits per heavy atom. The number of allylic oxidation sites excluding steroid dienone is 4. The maximum atomic E-state index is 10.3. The molecule has 11 rings (SSSR count). The lowest BCUT2D eigenvalue weighted by Crippen LogP contribution is -2.61. The van der Waals surface area contributed by atoms with E-state index in [0.717, 1.165) is 28.7 Å². The number of benzene rings is 4. The fourth-order valence-corrected chi connectivity index (χ4v) is 12.2. The van der Waals surface area contributed by atoms with Gasteiger partial charge < -0.3 is 179 Å². The van der Waals surface area contributed by atoms with E-state index in [4.69, 9.17) is 76.5 Å². The van der Waals surface area contributed by atoms with Crippen LogP contribution in [-0.4, -0.2) is 355 Å². The molecule has 0 saturated carbocycles. The van der Waals surface area contributed by atoms with Crippen molar-refractivity contribution in [3.05, 3.63) is 170 Å². The zero-order chi connectivity index (χ0) is 81.8. The first kappa shape index (κ1) is 91.3. The first-order valence-electron chi connectivity index (χ1n) is 36.1. The summed E-state index contributed by atoms with van der Waals surface area (Å²) in [5, 5.41) is 218. The van der Waals surface area contributed by atoms with Crippen LogP contribution in [0.25, 0.3) is 0 Å². The van der Waals surface area contributed by atoms with Gasteiger partial charge in [0.05, 0.1) is 52.4 Å². The van der Waals surface area contributed by atoms with E-state index in [2.05, 4.69) is 26.3 Å². The number of hydrogen-bond acceptors (Lipinski definition) is 36. The summed E-state index contributed by atoms with van der Waals surface area (Å²) in [5.41, 5.74) is 2.26. The van der Waals surface area contributed by atoms with Gasteiger partial charge in [-0.3, -0.25) is 0 Å². The third kappa shape index (κ3) is 23.8. The summed E-state index contributed by atoms with van der Waals surface area (Å²) in [6.45, 7) is 13.4. The third-order valence-corrected chi connectivity index (χ3v) is 19.2. The SMILES string of the molecule is C=CCc1ccc(O[C@@H]2O[C@H](CO)[C@@H](O)[C@H](O)[C@H]2O)cc1.C=CCc1ccc(O[C@@H]2O[C@H](CO[C@@H]3OC[C@@H](O)[C@H](O)[C@H]3O)[C@@H](O)[C@H](O)[C@H]2O)cc1.C=CCc1ccc(O[C@@H]2O[C@H](CO[C@@H]3OC[C@](O)(CO)[C@H]3O)[C@@H](O)[C@H](O)[C@H]2O)cc1.C=CCc1ccc(O[C@@H]2O[C@H](CO[C@@H]3O[C@@H](C)[C@H](O)[C@@H](O)[C@H]3O)[C@@H](O)[C@H](O)[C@H]2O)cc1. The fourth-order valence-electron chi connectivity index (χ4n) is 12.2. The summed E-state index contributed by atoms with van der Waals surface area (Å²) in [4.78, 5) is 0. The van der Waals surface area contributed by atoms with Gasteiger partial charge in [-0.25, -0.2) is 0 Å². The van der Waals surface area contributed by atoms with Crippen molar-refractivity contribution in [2.75, 3.05) is 46.2 Å². The Bertz CT molecular complexity index is 3350. The zero-order valence-electron chi connectivity index (χ0n) is 61.1. The smallest absolute Gasteiger partial charge is 0.229 e. The second-order valence-corrected chi connectivity index (χ2v) is 27.6. The molecule has 626 valence electrons. The van der Waals surface area contributed by atoms with E-state index in [-0.39, 0.29) is 33.0 Å². The van der Waals surface area contributed by atoms with Crippen LogP contribution in [0.15, 0.2) is 148 Å². The van der Waals surface area contributed by atoms with E-state index in [1.807, 2.05) is 48.5 Å². The molecule has 7 aliphatic heterocycles. The van der Waals surface area contributed by atoms with E-state index in [0.29, 0.717) is 42.3 Å². The Morgan fingerprint density at radius 1 is 0.339 bits per heavy atom. The van der Waals surface area contributed by atoms with E-state index < -0.39 is 209 Å². The highest BCUT2D eigenvalue weighted by molar-refractivity contribution is 5.32. The Hall–Kier alpha value is -6.24. The van der Waals surface area contributed by atoms with Gasteiger partial charge in [0.15, 0.2) is 18.9 Å². The molecule has 4 aromatic carbocycles.